The van der Waals surface area contributed by atoms with E-state index in [-0.39, 0.29) is 45.3 Å². The van der Waals surface area contributed by atoms with Gasteiger partial charge in [-0.2, -0.15) is 5.10 Å². The van der Waals surface area contributed by atoms with Crippen LogP contribution < -0.4 is 4.74 Å². The maximum absolute atomic E-state index is 11.8. The molecule has 0 saturated carbocycles. The predicted octanol–water partition coefficient (Wildman–Crippen LogP) is 3.21. The Labute approximate surface area is 141 Å². The summed E-state index contributed by atoms with van der Waals surface area (Å²) in [7, 11) is 1.48. The molecule has 0 bridgehead atoms. The molecule has 0 aliphatic heterocycles. The molecule has 0 unspecified atom stereocenters. The van der Waals surface area contributed by atoms with E-state index < -0.39 is 5.97 Å². The van der Waals surface area contributed by atoms with Crippen molar-refractivity contribution in [2.45, 2.75) is 6.92 Å². The van der Waals surface area contributed by atoms with Crippen molar-refractivity contribution in [3.8, 4) is 17.4 Å². The van der Waals surface area contributed by atoms with Gasteiger partial charge in [0.05, 0.1) is 16.7 Å². The highest BCUT2D eigenvalue weighted by Crippen LogP contribution is 2.38. The first kappa shape index (κ1) is 17.1. The van der Waals surface area contributed by atoms with Gasteiger partial charge in [-0.05, 0) is 13.0 Å². The van der Waals surface area contributed by atoms with Crippen molar-refractivity contribution >= 4 is 35.5 Å². The molecule has 9 heteroatoms. The second-order valence-corrected chi connectivity index (χ2v) is 5.18. The van der Waals surface area contributed by atoms with Gasteiger partial charge in [0.1, 0.15) is 11.3 Å². The zero-order valence-corrected chi connectivity index (χ0v) is 13.7. The third-order valence-corrected chi connectivity index (χ3v) is 3.42. The fraction of sp³-hybridized carbons (Fsp3) is 0.214. The van der Waals surface area contributed by atoms with Crippen LogP contribution in [0.2, 0.25) is 10.0 Å². The monoisotopic (exact) mass is 358 g/mol. The first-order chi connectivity index (χ1) is 10.9. The summed E-state index contributed by atoms with van der Waals surface area (Å²) in [6, 6.07) is 2.48. The number of carbonyl (C=O) groups is 2. The number of ether oxygens (including phenoxy) is 2. The minimum absolute atomic E-state index is 0.0216. The SMILES string of the molecule is CCOC(=O)c1nn(C)c(Oc2cc(O)c(Cl)cc2Cl)c1C=O. The van der Waals surface area contributed by atoms with Crippen molar-refractivity contribution in [1.82, 2.24) is 9.78 Å². The highest BCUT2D eigenvalue weighted by atomic mass is 35.5. The van der Waals surface area contributed by atoms with Crippen LogP contribution in [-0.4, -0.2) is 33.7 Å². The molecular weight excluding hydrogens is 347 g/mol. The van der Waals surface area contributed by atoms with E-state index in [1.165, 1.54) is 23.9 Å². The lowest BCUT2D eigenvalue weighted by Gasteiger charge is -2.09. The standard InChI is InChI=1S/C14H12Cl2N2O5/c1-3-22-14(21)12-7(6-19)13(18(2)17-12)23-11-5-10(20)8(15)4-9(11)16/h4-6,20H,3H2,1-2H3. The number of nitrogens with zero attached hydrogens (tertiary/aromatic N) is 2. The zero-order valence-electron chi connectivity index (χ0n) is 12.2. The van der Waals surface area contributed by atoms with E-state index >= 15 is 0 Å². The van der Waals surface area contributed by atoms with E-state index in [4.69, 9.17) is 32.7 Å². The molecule has 2 rings (SSSR count). The van der Waals surface area contributed by atoms with Gasteiger partial charge in [-0.1, -0.05) is 23.2 Å². The Balaban J connectivity index is 2.46. The zero-order chi connectivity index (χ0) is 17.1. The van der Waals surface area contributed by atoms with Gasteiger partial charge in [0, 0.05) is 13.1 Å². The number of phenols is 1. The van der Waals surface area contributed by atoms with Crippen molar-refractivity contribution < 1.29 is 24.2 Å². The van der Waals surface area contributed by atoms with Crippen LogP contribution in [0, 0.1) is 0 Å². The highest BCUT2D eigenvalue weighted by molar-refractivity contribution is 6.36. The summed E-state index contributed by atoms with van der Waals surface area (Å²) in [5.74, 6) is -0.960. The average molecular weight is 359 g/mol. The molecule has 122 valence electrons. The van der Waals surface area contributed by atoms with Gasteiger partial charge < -0.3 is 14.6 Å². The number of aromatic hydroxyl groups is 1. The van der Waals surface area contributed by atoms with Crippen molar-refractivity contribution in [1.29, 1.82) is 0 Å². The van der Waals surface area contributed by atoms with Crippen molar-refractivity contribution in [3.05, 3.63) is 33.4 Å². The lowest BCUT2D eigenvalue weighted by Crippen LogP contribution is -2.08. The van der Waals surface area contributed by atoms with Gasteiger partial charge in [0.25, 0.3) is 0 Å². The third kappa shape index (κ3) is 3.40. The van der Waals surface area contributed by atoms with E-state index in [0.29, 0.717) is 6.29 Å². The number of aryl methyl sites for hydroxylation is 1. The van der Waals surface area contributed by atoms with Crippen LogP contribution in [0.5, 0.6) is 17.4 Å². The molecule has 1 aromatic carbocycles. The molecule has 7 nitrogen and oxygen atoms in total. The van der Waals surface area contributed by atoms with Gasteiger partial charge in [-0.25, -0.2) is 9.48 Å². The Morgan fingerprint density at radius 2 is 2.09 bits per heavy atom. The summed E-state index contributed by atoms with van der Waals surface area (Å²) in [5, 5.41) is 13.7. The van der Waals surface area contributed by atoms with Crippen LogP contribution in [-0.2, 0) is 11.8 Å². The van der Waals surface area contributed by atoms with Crippen LogP contribution in [0.1, 0.15) is 27.8 Å². The fourth-order valence-corrected chi connectivity index (χ4v) is 2.22. The molecule has 23 heavy (non-hydrogen) atoms. The van der Waals surface area contributed by atoms with E-state index in [1.807, 2.05) is 0 Å². The molecule has 0 fully saturated rings. The van der Waals surface area contributed by atoms with Gasteiger partial charge in [0.15, 0.2) is 17.7 Å². The first-order valence-electron chi connectivity index (χ1n) is 6.44. The maximum atomic E-state index is 11.8. The molecule has 1 heterocycles. The minimum Gasteiger partial charge on any atom is -0.506 e. The van der Waals surface area contributed by atoms with Gasteiger partial charge >= 0.3 is 5.97 Å². The molecule has 2 aromatic rings. The summed E-state index contributed by atoms with van der Waals surface area (Å²) >= 11 is 11.7. The van der Waals surface area contributed by atoms with Crippen molar-refractivity contribution in [3.63, 3.8) is 0 Å². The predicted molar refractivity (Wildman–Crippen MR) is 82.8 cm³/mol. The number of benzene rings is 1. The molecule has 0 atom stereocenters. The lowest BCUT2D eigenvalue weighted by atomic mass is 10.2. The number of esters is 1. The summed E-state index contributed by atoms with van der Waals surface area (Å²) in [6.07, 6.45) is 0.429. The van der Waals surface area contributed by atoms with E-state index in [0.717, 1.165) is 0 Å². The van der Waals surface area contributed by atoms with Gasteiger partial charge in [0.2, 0.25) is 5.88 Å². The summed E-state index contributed by atoms with van der Waals surface area (Å²) < 4.78 is 11.5. The second-order valence-electron chi connectivity index (χ2n) is 4.37. The Hall–Kier alpha value is -2.25. The van der Waals surface area contributed by atoms with Gasteiger partial charge in [-0.15, -0.1) is 0 Å². The number of aromatic nitrogens is 2. The third-order valence-electron chi connectivity index (χ3n) is 2.82. The largest absolute Gasteiger partial charge is 0.506 e. The molecule has 0 aliphatic carbocycles. The number of aldehydes is 1. The van der Waals surface area contributed by atoms with Crippen molar-refractivity contribution in [2.75, 3.05) is 6.61 Å². The average Bonchev–Trinajstić information content (AvgIpc) is 2.81. The quantitative estimate of drug-likeness (QED) is 0.651. The maximum Gasteiger partial charge on any atom is 0.359 e. The Morgan fingerprint density at radius 3 is 2.70 bits per heavy atom. The molecular formula is C14H12Cl2N2O5. The number of phenolic OH excluding ortho intramolecular Hbond substituents is 1. The van der Waals surface area contributed by atoms with Crippen LogP contribution in [0.3, 0.4) is 0 Å². The van der Waals surface area contributed by atoms with Crippen LogP contribution >= 0.6 is 23.2 Å². The van der Waals surface area contributed by atoms with E-state index in [9.17, 15) is 14.7 Å². The number of carbonyl (C=O) groups excluding carboxylic acids is 2. The van der Waals surface area contributed by atoms with Crippen LogP contribution in [0.25, 0.3) is 0 Å². The highest BCUT2D eigenvalue weighted by Gasteiger charge is 2.25. The summed E-state index contributed by atoms with van der Waals surface area (Å²) in [6.45, 7) is 1.77. The molecule has 0 aliphatic rings. The van der Waals surface area contributed by atoms with Crippen LogP contribution in [0.4, 0.5) is 0 Å². The number of hydrogen-bond donors (Lipinski definition) is 1. The summed E-state index contributed by atoms with van der Waals surface area (Å²) in [5.41, 5.74) is -0.259. The minimum atomic E-state index is -0.745. The number of halogens is 2. The molecule has 0 amide bonds. The van der Waals surface area contributed by atoms with Crippen molar-refractivity contribution in [2.24, 2.45) is 7.05 Å². The molecule has 0 radical (unpaired) electrons. The molecule has 1 N–H and O–H groups in total. The lowest BCUT2D eigenvalue weighted by molar-refractivity contribution is 0.0516. The van der Waals surface area contributed by atoms with E-state index in [1.54, 1.807) is 6.92 Å². The molecule has 1 aromatic heterocycles. The molecule has 0 saturated heterocycles. The summed E-state index contributed by atoms with van der Waals surface area (Å²) in [4.78, 5) is 23.1. The fourth-order valence-electron chi connectivity index (χ4n) is 1.80. The van der Waals surface area contributed by atoms with Crippen LogP contribution in [0.15, 0.2) is 12.1 Å². The Kier molecular flexibility index (Phi) is 5.12. The van der Waals surface area contributed by atoms with E-state index in [2.05, 4.69) is 5.10 Å². The topological polar surface area (TPSA) is 90.7 Å². The Bertz CT molecular complexity index is 773. The first-order valence-corrected chi connectivity index (χ1v) is 7.19. The number of rotatable bonds is 5. The smallest absolute Gasteiger partial charge is 0.359 e. The number of hydrogen-bond acceptors (Lipinski definition) is 6. The second kappa shape index (κ2) is 6.89. The Morgan fingerprint density at radius 1 is 1.39 bits per heavy atom. The molecule has 0 spiro atoms. The normalized spacial score (nSPS) is 10.4. The van der Waals surface area contributed by atoms with Gasteiger partial charge in [-0.3, -0.25) is 4.79 Å².